The van der Waals surface area contributed by atoms with Gasteiger partial charge in [-0.15, -0.1) is 0 Å². The van der Waals surface area contributed by atoms with Crippen LogP contribution >= 0.6 is 0 Å². The van der Waals surface area contributed by atoms with E-state index in [2.05, 4.69) is 4.72 Å². The molecule has 0 radical (unpaired) electrons. The molecule has 0 bridgehead atoms. The normalized spacial score (nSPS) is 12.7. The predicted molar refractivity (Wildman–Crippen MR) is 92.3 cm³/mol. The van der Waals surface area contributed by atoms with E-state index in [1.54, 1.807) is 6.92 Å². The van der Waals surface area contributed by atoms with Crippen molar-refractivity contribution in [3.8, 4) is 0 Å². The van der Waals surface area contributed by atoms with Crippen molar-refractivity contribution in [1.29, 1.82) is 0 Å². The van der Waals surface area contributed by atoms with Crippen molar-refractivity contribution in [2.75, 3.05) is 0 Å². The van der Waals surface area contributed by atoms with E-state index in [1.165, 1.54) is 12.1 Å². The average Bonchev–Trinajstić information content (AvgIpc) is 2.53. The number of carboxylic acid groups (broad SMARTS) is 1. The Bertz CT molecular complexity index is 837. The van der Waals surface area contributed by atoms with Crippen LogP contribution in [0, 0.1) is 12.7 Å². The Morgan fingerprint density at radius 2 is 1.88 bits per heavy atom. The molecule has 0 saturated heterocycles. The molecule has 0 aliphatic carbocycles. The molecule has 0 fully saturated rings. The highest BCUT2D eigenvalue weighted by atomic mass is 32.2. The van der Waals surface area contributed by atoms with Crippen LogP contribution in [0.15, 0.2) is 53.4 Å². The van der Waals surface area contributed by atoms with Gasteiger partial charge in [0.1, 0.15) is 10.7 Å². The predicted octanol–water partition coefficient (Wildman–Crippen LogP) is 2.89. The molecule has 2 aromatic rings. The van der Waals surface area contributed by atoms with Crippen LogP contribution in [0.5, 0.6) is 0 Å². The summed E-state index contributed by atoms with van der Waals surface area (Å²) in [6, 6.07) is 12.4. The number of aliphatic carboxylic acids is 1. The number of carboxylic acids is 1. The van der Waals surface area contributed by atoms with Crippen molar-refractivity contribution in [3.05, 3.63) is 65.5 Å². The largest absolute Gasteiger partial charge is 0.481 e. The summed E-state index contributed by atoms with van der Waals surface area (Å²) in [5.41, 5.74) is 1.48. The number of hydrogen-bond donors (Lipinski definition) is 2. The van der Waals surface area contributed by atoms with E-state index in [4.69, 9.17) is 5.11 Å². The van der Waals surface area contributed by atoms with Gasteiger partial charge in [-0.1, -0.05) is 36.4 Å². The lowest BCUT2D eigenvalue weighted by Crippen LogP contribution is -2.37. The second-order valence-electron chi connectivity index (χ2n) is 5.87. The molecule has 0 aliphatic rings. The number of halogens is 1. The van der Waals surface area contributed by atoms with Gasteiger partial charge in [-0.2, -0.15) is 0 Å². The second-order valence-corrected chi connectivity index (χ2v) is 7.56. The molecule has 0 amide bonds. The molecule has 7 heteroatoms. The molecule has 2 aromatic carbocycles. The summed E-state index contributed by atoms with van der Waals surface area (Å²) in [5, 5.41) is 8.88. The quantitative estimate of drug-likeness (QED) is 0.753. The monoisotopic (exact) mass is 365 g/mol. The van der Waals surface area contributed by atoms with Crippen LogP contribution in [0.1, 0.15) is 24.0 Å². The van der Waals surface area contributed by atoms with E-state index in [9.17, 15) is 17.6 Å². The first-order valence-electron chi connectivity index (χ1n) is 7.82. The Balaban J connectivity index is 2.22. The fourth-order valence-corrected chi connectivity index (χ4v) is 3.84. The van der Waals surface area contributed by atoms with Crippen molar-refractivity contribution in [3.63, 3.8) is 0 Å². The van der Waals surface area contributed by atoms with Crippen molar-refractivity contribution >= 4 is 16.0 Å². The molecule has 5 nitrogen and oxygen atoms in total. The lowest BCUT2D eigenvalue weighted by Gasteiger charge is -2.18. The Labute approximate surface area is 146 Å². The van der Waals surface area contributed by atoms with Crippen molar-refractivity contribution in [1.82, 2.24) is 4.72 Å². The van der Waals surface area contributed by atoms with E-state index >= 15 is 0 Å². The summed E-state index contributed by atoms with van der Waals surface area (Å²) in [6.07, 6.45) is 0.244. The van der Waals surface area contributed by atoms with Gasteiger partial charge in [0.05, 0.1) is 0 Å². The number of carbonyl (C=O) groups is 1. The summed E-state index contributed by atoms with van der Waals surface area (Å²) in [4.78, 5) is 10.4. The molecule has 1 atom stereocenters. The van der Waals surface area contributed by atoms with Gasteiger partial charge >= 0.3 is 5.97 Å². The zero-order valence-electron chi connectivity index (χ0n) is 13.8. The summed E-state index contributed by atoms with van der Waals surface area (Å²) in [7, 11) is -4.09. The van der Waals surface area contributed by atoms with Crippen LogP contribution in [-0.4, -0.2) is 25.5 Å². The van der Waals surface area contributed by atoms with Gasteiger partial charge in [-0.25, -0.2) is 17.5 Å². The molecule has 0 aliphatic heterocycles. The van der Waals surface area contributed by atoms with E-state index in [0.717, 1.165) is 11.6 Å². The number of benzene rings is 2. The molecule has 0 heterocycles. The highest BCUT2D eigenvalue weighted by Crippen LogP contribution is 2.18. The van der Waals surface area contributed by atoms with Crippen LogP contribution in [0.4, 0.5) is 4.39 Å². The maximum atomic E-state index is 14.0. The van der Waals surface area contributed by atoms with Crippen molar-refractivity contribution in [2.24, 2.45) is 0 Å². The third-order valence-corrected chi connectivity index (χ3v) is 5.28. The molecular formula is C18H20FNO4S. The van der Waals surface area contributed by atoms with Crippen LogP contribution in [0.2, 0.25) is 0 Å². The maximum absolute atomic E-state index is 14.0. The van der Waals surface area contributed by atoms with E-state index in [-0.39, 0.29) is 12.8 Å². The molecule has 0 spiro atoms. The first-order chi connectivity index (χ1) is 11.8. The standard InChI is InChI=1S/C18H20FNO4S/c1-13-7-9-17(16(19)11-13)25(23,24)20-15(8-10-18(21)22)12-14-5-3-2-4-6-14/h2-7,9,11,15,20H,8,10,12H2,1H3,(H,21,22). The Hall–Kier alpha value is -2.25. The fraction of sp³-hybridized carbons (Fsp3) is 0.278. The topological polar surface area (TPSA) is 83.5 Å². The van der Waals surface area contributed by atoms with Crippen molar-refractivity contribution in [2.45, 2.75) is 37.1 Å². The second kappa shape index (κ2) is 8.22. The number of aryl methyl sites for hydroxylation is 1. The highest BCUT2D eigenvalue weighted by molar-refractivity contribution is 7.89. The molecule has 1 unspecified atom stereocenters. The average molecular weight is 365 g/mol. The number of nitrogens with one attached hydrogen (secondary N) is 1. The molecular weight excluding hydrogens is 345 g/mol. The van der Waals surface area contributed by atoms with Gasteiger partial charge in [0.2, 0.25) is 10.0 Å². The minimum absolute atomic E-state index is 0.108. The van der Waals surface area contributed by atoms with Crippen molar-refractivity contribution < 1.29 is 22.7 Å². The fourth-order valence-electron chi connectivity index (χ4n) is 2.51. The zero-order valence-corrected chi connectivity index (χ0v) is 14.6. The van der Waals surface area contributed by atoms with E-state index in [0.29, 0.717) is 12.0 Å². The van der Waals surface area contributed by atoms with Gasteiger partial charge < -0.3 is 5.11 Å². The minimum Gasteiger partial charge on any atom is -0.481 e. The molecule has 0 saturated carbocycles. The molecule has 134 valence electrons. The third kappa shape index (κ3) is 5.65. The number of hydrogen-bond acceptors (Lipinski definition) is 3. The van der Waals surface area contributed by atoms with Crippen LogP contribution in [-0.2, 0) is 21.2 Å². The molecule has 2 rings (SSSR count). The van der Waals surface area contributed by atoms with Gasteiger partial charge in [-0.05, 0) is 43.0 Å². The first-order valence-corrected chi connectivity index (χ1v) is 9.30. The van der Waals surface area contributed by atoms with Crippen LogP contribution in [0.25, 0.3) is 0 Å². The summed E-state index contributed by atoms with van der Waals surface area (Å²) < 4.78 is 41.5. The maximum Gasteiger partial charge on any atom is 0.303 e. The Morgan fingerprint density at radius 1 is 1.20 bits per heavy atom. The highest BCUT2D eigenvalue weighted by Gasteiger charge is 2.24. The Morgan fingerprint density at radius 3 is 2.48 bits per heavy atom. The van der Waals surface area contributed by atoms with Gasteiger partial charge in [0, 0.05) is 12.5 Å². The van der Waals surface area contributed by atoms with Gasteiger partial charge in [0.25, 0.3) is 0 Å². The number of sulfonamides is 1. The molecule has 0 aromatic heterocycles. The Kier molecular flexibility index (Phi) is 6.27. The summed E-state index contributed by atoms with van der Waals surface area (Å²) >= 11 is 0. The lowest BCUT2D eigenvalue weighted by atomic mass is 10.0. The SMILES string of the molecule is Cc1ccc(S(=O)(=O)NC(CCC(=O)O)Cc2ccccc2)c(F)c1. The van der Waals surface area contributed by atoms with Crippen LogP contribution < -0.4 is 4.72 Å². The molecule has 25 heavy (non-hydrogen) atoms. The first kappa shape index (κ1) is 19.1. The summed E-state index contributed by atoms with van der Waals surface area (Å²) in [6.45, 7) is 1.66. The number of rotatable bonds is 8. The zero-order chi connectivity index (χ0) is 18.4. The lowest BCUT2D eigenvalue weighted by molar-refractivity contribution is -0.137. The minimum atomic E-state index is -4.09. The smallest absolute Gasteiger partial charge is 0.303 e. The van der Waals surface area contributed by atoms with E-state index in [1.807, 2.05) is 30.3 Å². The summed E-state index contributed by atoms with van der Waals surface area (Å²) in [5.74, 6) is -1.84. The third-order valence-electron chi connectivity index (χ3n) is 3.73. The van der Waals surface area contributed by atoms with Gasteiger partial charge in [-0.3, -0.25) is 4.79 Å². The molecule has 2 N–H and O–H groups in total. The van der Waals surface area contributed by atoms with E-state index < -0.39 is 32.7 Å². The van der Waals surface area contributed by atoms with Gasteiger partial charge in [0.15, 0.2) is 0 Å². The van der Waals surface area contributed by atoms with Crippen LogP contribution in [0.3, 0.4) is 0 Å².